The van der Waals surface area contributed by atoms with Crippen molar-refractivity contribution in [3.05, 3.63) is 27.0 Å². The minimum Gasteiger partial charge on any atom is -0.389 e. The maximum atomic E-state index is 10.7. The zero-order valence-corrected chi connectivity index (χ0v) is 10.5. The molecule has 0 bridgehead atoms. The first kappa shape index (κ1) is 12.9. The number of aromatic nitrogens is 1. The lowest BCUT2D eigenvalue weighted by atomic mass is 10.1. The molecule has 7 heteroatoms. The van der Waals surface area contributed by atoms with Crippen LogP contribution in [0.1, 0.15) is 13.8 Å². The third kappa shape index (κ3) is 3.42. The maximum Gasteiger partial charge on any atom is 0.311 e. The van der Waals surface area contributed by atoms with Gasteiger partial charge < -0.3 is 10.4 Å². The van der Waals surface area contributed by atoms with Crippen molar-refractivity contribution in [2.24, 2.45) is 0 Å². The fourth-order valence-corrected chi connectivity index (χ4v) is 1.50. The van der Waals surface area contributed by atoms with Gasteiger partial charge in [0.1, 0.15) is 11.9 Å². The van der Waals surface area contributed by atoms with Crippen LogP contribution >= 0.6 is 15.9 Å². The molecule has 1 rings (SSSR count). The zero-order chi connectivity index (χ0) is 12.3. The van der Waals surface area contributed by atoms with Gasteiger partial charge in [0.2, 0.25) is 0 Å². The summed E-state index contributed by atoms with van der Waals surface area (Å²) in [6.07, 6.45) is 2.62. The van der Waals surface area contributed by atoms with Crippen LogP contribution in [-0.2, 0) is 0 Å². The number of anilines is 1. The van der Waals surface area contributed by atoms with Crippen LogP contribution in [0.5, 0.6) is 0 Å². The van der Waals surface area contributed by atoms with Gasteiger partial charge in [-0.05, 0) is 29.8 Å². The molecular weight excluding hydrogens is 278 g/mol. The van der Waals surface area contributed by atoms with Gasteiger partial charge >= 0.3 is 5.69 Å². The Bertz CT molecular complexity index is 403. The van der Waals surface area contributed by atoms with Crippen LogP contribution in [0.15, 0.2) is 16.9 Å². The van der Waals surface area contributed by atoms with E-state index in [0.29, 0.717) is 10.2 Å². The molecular formula is C9H12BrN3O3. The van der Waals surface area contributed by atoms with E-state index in [1.54, 1.807) is 13.8 Å². The number of rotatable bonds is 4. The third-order valence-corrected chi connectivity index (χ3v) is 2.38. The molecule has 0 amide bonds. The molecule has 0 aliphatic carbocycles. The first-order chi connectivity index (χ1) is 7.31. The van der Waals surface area contributed by atoms with Gasteiger partial charge in [-0.3, -0.25) is 15.1 Å². The highest BCUT2D eigenvalue weighted by Crippen LogP contribution is 2.31. The van der Waals surface area contributed by atoms with Crippen LogP contribution in [0.25, 0.3) is 0 Å². The third-order valence-electron chi connectivity index (χ3n) is 1.77. The van der Waals surface area contributed by atoms with Crippen molar-refractivity contribution in [1.29, 1.82) is 0 Å². The summed E-state index contributed by atoms with van der Waals surface area (Å²) in [5.41, 5.74) is -0.753. The van der Waals surface area contributed by atoms with Crippen molar-refractivity contribution in [2.45, 2.75) is 19.4 Å². The number of aliphatic hydroxyl groups is 1. The molecule has 1 aromatic heterocycles. The summed E-state index contributed by atoms with van der Waals surface area (Å²) in [4.78, 5) is 13.9. The van der Waals surface area contributed by atoms with Crippen molar-refractivity contribution < 1.29 is 10.0 Å². The van der Waals surface area contributed by atoms with E-state index in [1.807, 2.05) is 0 Å². The molecule has 2 N–H and O–H groups in total. The number of halogens is 1. The van der Waals surface area contributed by atoms with Crippen LogP contribution in [0.2, 0.25) is 0 Å². The molecule has 0 aliphatic rings. The van der Waals surface area contributed by atoms with Crippen molar-refractivity contribution >= 4 is 27.3 Å². The molecule has 0 unspecified atom stereocenters. The molecule has 0 saturated heterocycles. The SMILES string of the molecule is CC(C)(O)CNc1c(Br)cncc1[N+](=O)[O-]. The van der Waals surface area contributed by atoms with Crippen molar-refractivity contribution in [3.63, 3.8) is 0 Å². The molecule has 1 heterocycles. The second kappa shape index (κ2) is 4.75. The summed E-state index contributed by atoms with van der Waals surface area (Å²) in [6.45, 7) is 3.43. The van der Waals surface area contributed by atoms with Gasteiger partial charge in [-0.25, -0.2) is 0 Å². The first-order valence-corrected chi connectivity index (χ1v) is 5.35. The number of hydrogen-bond donors (Lipinski definition) is 2. The van der Waals surface area contributed by atoms with Gasteiger partial charge in [0.15, 0.2) is 0 Å². The van der Waals surface area contributed by atoms with E-state index < -0.39 is 10.5 Å². The standard InChI is InChI=1S/C9H12BrN3O3/c1-9(2,14)5-12-8-6(10)3-11-4-7(8)13(15)16/h3-4,14H,5H2,1-2H3,(H,11,12). The Morgan fingerprint density at radius 3 is 2.75 bits per heavy atom. The predicted molar refractivity (Wildman–Crippen MR) is 63.4 cm³/mol. The van der Waals surface area contributed by atoms with Crippen LogP contribution in [0.4, 0.5) is 11.4 Å². The van der Waals surface area contributed by atoms with E-state index in [1.165, 1.54) is 6.20 Å². The zero-order valence-electron chi connectivity index (χ0n) is 8.90. The average molecular weight is 290 g/mol. The number of nitrogens with one attached hydrogen (secondary N) is 1. The van der Waals surface area contributed by atoms with Gasteiger partial charge in [0, 0.05) is 12.7 Å². The summed E-state index contributed by atoms with van der Waals surface area (Å²) in [7, 11) is 0. The van der Waals surface area contributed by atoms with Crippen molar-refractivity contribution in [1.82, 2.24) is 4.98 Å². The van der Waals surface area contributed by atoms with E-state index in [4.69, 9.17) is 0 Å². The lowest BCUT2D eigenvalue weighted by Gasteiger charge is -2.18. The average Bonchev–Trinajstić information content (AvgIpc) is 2.13. The lowest BCUT2D eigenvalue weighted by molar-refractivity contribution is -0.384. The summed E-state index contributed by atoms with van der Waals surface area (Å²) < 4.78 is 0.492. The number of pyridine rings is 1. The fourth-order valence-electron chi connectivity index (χ4n) is 1.04. The molecule has 1 aromatic rings. The second-order valence-electron chi connectivity index (χ2n) is 3.94. The normalized spacial score (nSPS) is 11.2. The Hall–Kier alpha value is -1.21. The molecule has 6 nitrogen and oxygen atoms in total. The fraction of sp³-hybridized carbons (Fsp3) is 0.444. The highest BCUT2D eigenvalue weighted by atomic mass is 79.9. The Morgan fingerprint density at radius 2 is 2.25 bits per heavy atom. The minimum absolute atomic E-state index is 0.126. The summed E-state index contributed by atoms with van der Waals surface area (Å²) in [5, 5.41) is 23.1. The first-order valence-electron chi connectivity index (χ1n) is 4.55. The Balaban J connectivity index is 2.98. The molecule has 0 atom stereocenters. The van der Waals surface area contributed by atoms with Crippen LogP contribution in [0, 0.1) is 10.1 Å². The lowest BCUT2D eigenvalue weighted by Crippen LogP contribution is -2.29. The predicted octanol–water partition coefficient (Wildman–Crippen LogP) is 1.94. The molecule has 0 aromatic carbocycles. The molecule has 16 heavy (non-hydrogen) atoms. The van der Waals surface area contributed by atoms with Gasteiger partial charge in [0.05, 0.1) is 15.0 Å². The molecule has 88 valence electrons. The molecule has 0 radical (unpaired) electrons. The molecule has 0 saturated carbocycles. The Labute approximate surface area is 101 Å². The second-order valence-corrected chi connectivity index (χ2v) is 4.79. The topological polar surface area (TPSA) is 88.3 Å². The van der Waals surface area contributed by atoms with E-state index in [9.17, 15) is 15.2 Å². The molecule has 0 fully saturated rings. The van der Waals surface area contributed by atoms with E-state index in [0.717, 1.165) is 6.20 Å². The Kier molecular flexibility index (Phi) is 3.82. The number of hydrogen-bond acceptors (Lipinski definition) is 5. The van der Waals surface area contributed by atoms with Gasteiger partial charge in [-0.1, -0.05) is 0 Å². The van der Waals surface area contributed by atoms with E-state index in [2.05, 4.69) is 26.2 Å². The van der Waals surface area contributed by atoms with Crippen molar-refractivity contribution in [3.8, 4) is 0 Å². The molecule has 0 aliphatic heterocycles. The smallest absolute Gasteiger partial charge is 0.311 e. The van der Waals surface area contributed by atoms with Crippen LogP contribution in [-0.4, -0.2) is 27.2 Å². The van der Waals surface area contributed by atoms with Gasteiger partial charge in [-0.2, -0.15) is 0 Å². The van der Waals surface area contributed by atoms with E-state index >= 15 is 0 Å². The Morgan fingerprint density at radius 1 is 1.62 bits per heavy atom. The summed E-state index contributed by atoms with van der Waals surface area (Å²) >= 11 is 3.17. The highest BCUT2D eigenvalue weighted by Gasteiger charge is 2.20. The van der Waals surface area contributed by atoms with Crippen LogP contribution in [0.3, 0.4) is 0 Å². The summed E-state index contributed by atoms with van der Waals surface area (Å²) in [6, 6.07) is 0. The van der Waals surface area contributed by atoms with Crippen molar-refractivity contribution in [2.75, 3.05) is 11.9 Å². The largest absolute Gasteiger partial charge is 0.389 e. The minimum atomic E-state index is -0.948. The quantitative estimate of drug-likeness (QED) is 0.653. The van der Waals surface area contributed by atoms with E-state index in [-0.39, 0.29) is 12.2 Å². The summed E-state index contributed by atoms with van der Waals surface area (Å²) in [5.74, 6) is 0. The number of nitro groups is 1. The maximum absolute atomic E-state index is 10.7. The monoisotopic (exact) mass is 289 g/mol. The highest BCUT2D eigenvalue weighted by molar-refractivity contribution is 9.10. The van der Waals surface area contributed by atoms with Gasteiger partial charge in [0.25, 0.3) is 0 Å². The van der Waals surface area contributed by atoms with Crippen LogP contribution < -0.4 is 5.32 Å². The molecule has 0 spiro atoms. The number of nitrogens with zero attached hydrogens (tertiary/aromatic N) is 2. The van der Waals surface area contributed by atoms with Gasteiger partial charge in [-0.15, -0.1) is 0 Å².